The monoisotopic (exact) mass is 486 g/mol. The lowest BCUT2D eigenvalue weighted by molar-refractivity contribution is 0.581. The topological polar surface area (TPSA) is 9.86 Å². The molecule has 2 aromatic carbocycles. The number of para-hydroxylation sites is 1. The van der Waals surface area contributed by atoms with Crippen molar-refractivity contribution in [2.75, 3.05) is 0 Å². The van der Waals surface area contributed by atoms with Crippen molar-refractivity contribution in [3.63, 3.8) is 0 Å². The summed E-state index contributed by atoms with van der Waals surface area (Å²) in [7, 11) is 0. The van der Waals surface area contributed by atoms with Gasteiger partial charge in [-0.3, -0.25) is 0 Å². The average Bonchev–Trinajstić information content (AvgIpc) is 3.18. The summed E-state index contributed by atoms with van der Waals surface area (Å²) < 4.78 is 6.36. The first-order valence-electron chi connectivity index (χ1n) is 10.5. The van der Waals surface area contributed by atoms with Crippen molar-refractivity contribution in [1.29, 1.82) is 0 Å². The summed E-state index contributed by atoms with van der Waals surface area (Å²) in [5.41, 5.74) is 8.29. The van der Waals surface area contributed by atoms with E-state index in [2.05, 4.69) is 88.2 Å². The Morgan fingerprint density at radius 3 is 2.39 bits per heavy atom. The molecule has 0 saturated carbocycles. The van der Waals surface area contributed by atoms with Gasteiger partial charge in [0.15, 0.2) is 0 Å². The molecule has 2 aromatic heterocycles. The lowest BCUT2D eigenvalue weighted by Crippen LogP contribution is -2.09. The minimum absolute atomic E-state index is 1.08. The van der Waals surface area contributed by atoms with Gasteiger partial charge in [-0.15, -0.1) is 0 Å². The summed E-state index contributed by atoms with van der Waals surface area (Å²) in [6, 6.07) is 13.6. The van der Waals surface area contributed by atoms with Gasteiger partial charge in [0.2, 0.25) is 0 Å². The van der Waals surface area contributed by atoms with E-state index in [-0.39, 0.29) is 0 Å². The van der Waals surface area contributed by atoms with Gasteiger partial charge in [0.25, 0.3) is 0 Å². The minimum atomic E-state index is 1.08. The smallest absolute Gasteiger partial charge is 0.0586 e. The summed E-state index contributed by atoms with van der Waals surface area (Å²) in [6.45, 7) is 14.6. The van der Waals surface area contributed by atoms with Crippen LogP contribution in [0.15, 0.2) is 42.6 Å². The van der Waals surface area contributed by atoms with Gasteiger partial charge < -0.3 is 9.13 Å². The second-order valence-corrected chi connectivity index (χ2v) is 8.03. The van der Waals surface area contributed by atoms with E-state index in [0.717, 1.165) is 13.1 Å². The van der Waals surface area contributed by atoms with E-state index in [1.54, 1.807) is 0 Å². The number of nitrogens with zero attached hydrogens (tertiary/aromatic N) is 2. The predicted molar refractivity (Wildman–Crippen MR) is 132 cm³/mol. The molecule has 0 N–H and O–H groups in total. The molecule has 0 spiro atoms. The zero-order valence-corrected chi connectivity index (χ0v) is 20.1. The molecule has 2 nitrogen and oxygen atoms in total. The van der Waals surface area contributed by atoms with Crippen LogP contribution in [0.25, 0.3) is 33.1 Å². The Bertz CT molecular complexity index is 1110. The Labute approximate surface area is 182 Å². The van der Waals surface area contributed by atoms with E-state index in [1.807, 2.05) is 27.7 Å². The third-order valence-corrected chi connectivity index (χ3v) is 6.22. The molecule has 3 heterocycles. The van der Waals surface area contributed by atoms with Crippen LogP contribution >= 0.6 is 22.6 Å². The Morgan fingerprint density at radius 2 is 1.64 bits per heavy atom. The normalized spacial score (nSPS) is 12.4. The molecule has 4 aromatic rings. The lowest BCUT2D eigenvalue weighted by atomic mass is 10.0. The van der Waals surface area contributed by atoms with E-state index in [4.69, 9.17) is 0 Å². The Hall–Kier alpha value is -1.75. The summed E-state index contributed by atoms with van der Waals surface area (Å²) in [5.74, 6) is 0. The molecular formula is C25H31IN2. The van der Waals surface area contributed by atoms with Gasteiger partial charge in [-0.1, -0.05) is 58.0 Å². The Morgan fingerprint density at radius 1 is 0.893 bits per heavy atom. The van der Waals surface area contributed by atoms with E-state index in [1.165, 1.54) is 54.2 Å². The molecule has 1 aliphatic rings. The third-order valence-electron chi connectivity index (χ3n) is 5.36. The number of aryl methyl sites for hydroxylation is 4. The fraction of sp³-hybridized carbons (Fsp3) is 0.360. The van der Waals surface area contributed by atoms with Crippen LogP contribution in [0, 0.1) is 17.4 Å². The van der Waals surface area contributed by atoms with Crippen LogP contribution in [0.3, 0.4) is 0 Å². The zero-order valence-electron chi connectivity index (χ0n) is 17.9. The van der Waals surface area contributed by atoms with Crippen LogP contribution < -0.4 is 0 Å². The number of rotatable bonds is 0. The van der Waals surface area contributed by atoms with Gasteiger partial charge in [0.05, 0.1) is 11.2 Å². The molecule has 0 aliphatic carbocycles. The fourth-order valence-corrected chi connectivity index (χ4v) is 5.07. The average molecular weight is 486 g/mol. The van der Waals surface area contributed by atoms with Crippen molar-refractivity contribution in [3.05, 3.63) is 57.3 Å². The molecule has 28 heavy (non-hydrogen) atoms. The van der Waals surface area contributed by atoms with Gasteiger partial charge in [0.1, 0.15) is 0 Å². The summed E-state index contributed by atoms with van der Waals surface area (Å²) in [6.07, 6.45) is 3.48. The van der Waals surface area contributed by atoms with Crippen LogP contribution in [-0.2, 0) is 13.1 Å². The highest BCUT2D eigenvalue weighted by Crippen LogP contribution is 2.40. The summed E-state index contributed by atoms with van der Waals surface area (Å²) >= 11 is 2.47. The molecule has 0 fully saturated rings. The lowest BCUT2D eigenvalue weighted by Gasteiger charge is -2.18. The Kier molecular flexibility index (Phi) is 6.54. The van der Waals surface area contributed by atoms with Crippen LogP contribution in [0.5, 0.6) is 0 Å². The second-order valence-electron chi connectivity index (χ2n) is 6.87. The minimum Gasteiger partial charge on any atom is -0.346 e. The molecule has 0 amide bonds. The SMILES string of the molecule is CC.CC.Cc1ccc2c(C)c3n(c2c1)CCCn1cc(I)c2cccc-3c21. The largest absolute Gasteiger partial charge is 0.346 e. The molecule has 0 radical (unpaired) electrons. The van der Waals surface area contributed by atoms with Crippen molar-refractivity contribution < 1.29 is 0 Å². The molecule has 148 valence electrons. The Balaban J connectivity index is 0.000000531. The molecule has 0 unspecified atom stereocenters. The number of halogens is 1. The van der Waals surface area contributed by atoms with Gasteiger partial charge in [-0.2, -0.15) is 0 Å². The molecule has 3 heteroatoms. The fourth-order valence-electron chi connectivity index (χ4n) is 4.30. The van der Waals surface area contributed by atoms with Crippen LogP contribution in [0.1, 0.15) is 45.2 Å². The van der Waals surface area contributed by atoms with E-state index in [0.29, 0.717) is 0 Å². The molecular weight excluding hydrogens is 455 g/mol. The number of aromatic nitrogens is 2. The van der Waals surface area contributed by atoms with Gasteiger partial charge in [-0.25, -0.2) is 0 Å². The first-order valence-corrected chi connectivity index (χ1v) is 11.6. The highest BCUT2D eigenvalue weighted by molar-refractivity contribution is 14.1. The number of hydrogen-bond acceptors (Lipinski definition) is 0. The number of fused-ring (bicyclic) bond motifs is 4. The van der Waals surface area contributed by atoms with Crippen molar-refractivity contribution in [2.24, 2.45) is 0 Å². The van der Waals surface area contributed by atoms with Gasteiger partial charge in [-0.05, 0) is 60.1 Å². The van der Waals surface area contributed by atoms with Crippen molar-refractivity contribution in [3.8, 4) is 11.3 Å². The van der Waals surface area contributed by atoms with Crippen molar-refractivity contribution >= 4 is 44.4 Å². The second kappa shape index (κ2) is 8.73. The standard InChI is InChI=1S/C21H19IN2.2C2H6/c1-13-7-8-15-14(2)20-17-6-3-5-16-18(22)12-23(21(16)17)9-4-10-24(20)19(15)11-13;2*1-2/h3,5-8,11-12H,4,9-10H2,1-2H3;2*1-2H3. The summed E-state index contributed by atoms with van der Waals surface area (Å²) in [4.78, 5) is 0. The first kappa shape index (κ1) is 21.0. The summed E-state index contributed by atoms with van der Waals surface area (Å²) in [5, 5.41) is 2.77. The van der Waals surface area contributed by atoms with Crippen molar-refractivity contribution in [1.82, 2.24) is 9.13 Å². The molecule has 0 bridgehead atoms. The third kappa shape index (κ3) is 3.28. The van der Waals surface area contributed by atoms with Gasteiger partial charge in [0, 0.05) is 44.7 Å². The first-order chi connectivity index (χ1) is 13.6. The maximum absolute atomic E-state index is 2.55. The highest BCUT2D eigenvalue weighted by atomic mass is 127. The van der Waals surface area contributed by atoms with Crippen LogP contribution in [0.4, 0.5) is 0 Å². The van der Waals surface area contributed by atoms with E-state index in [9.17, 15) is 0 Å². The molecule has 0 atom stereocenters. The molecule has 1 aliphatic heterocycles. The van der Waals surface area contributed by atoms with E-state index < -0.39 is 0 Å². The van der Waals surface area contributed by atoms with Crippen LogP contribution in [0.2, 0.25) is 0 Å². The maximum Gasteiger partial charge on any atom is 0.0586 e. The highest BCUT2D eigenvalue weighted by Gasteiger charge is 2.21. The van der Waals surface area contributed by atoms with Gasteiger partial charge >= 0.3 is 0 Å². The van der Waals surface area contributed by atoms with Crippen molar-refractivity contribution in [2.45, 2.75) is 61.1 Å². The maximum atomic E-state index is 2.55. The van der Waals surface area contributed by atoms with E-state index >= 15 is 0 Å². The quantitative estimate of drug-likeness (QED) is 0.223. The predicted octanol–water partition coefficient (Wildman–Crippen LogP) is 7.94. The molecule has 5 rings (SSSR count). The zero-order chi connectivity index (χ0) is 20.4. The molecule has 0 saturated heterocycles. The number of benzene rings is 2. The number of hydrogen-bond donors (Lipinski definition) is 0. The van der Waals surface area contributed by atoms with Crippen LogP contribution in [-0.4, -0.2) is 9.13 Å².